The molecule has 0 bridgehead atoms. The van der Waals surface area contributed by atoms with Gasteiger partial charge in [-0.1, -0.05) is 78.7 Å². The molecular weight excluding hydrogens is 386 g/mol. The first-order valence-corrected chi connectivity index (χ1v) is 10.8. The third kappa shape index (κ3) is 4.62. The molecule has 3 rings (SSSR count). The first kappa shape index (κ1) is 20.6. The van der Waals surface area contributed by atoms with E-state index < -0.39 is 0 Å². The third-order valence-electron chi connectivity index (χ3n) is 4.74. The van der Waals surface area contributed by atoms with E-state index in [0.29, 0.717) is 0 Å². The second-order valence-corrected chi connectivity index (χ2v) is 8.55. The zero-order chi connectivity index (χ0) is 20.1. The van der Waals surface area contributed by atoms with Crippen molar-refractivity contribution in [1.29, 1.82) is 0 Å². The standard InChI is InChI=1S/C23H26ClN3S/c1-5-10-17(3)27(25-15-19-12-7-6-11-16(19)2)23-26-22(18(4)28-23)20-13-8-9-14-21(20)24/h6-9,11-15,17H,5,10H2,1-4H3/b25-15+. The van der Waals surface area contributed by atoms with Gasteiger partial charge in [0.25, 0.3) is 0 Å². The Kier molecular flexibility index (Phi) is 6.87. The summed E-state index contributed by atoms with van der Waals surface area (Å²) in [6.07, 6.45) is 4.08. The number of thiazole rings is 1. The Bertz CT molecular complexity index is 964. The van der Waals surface area contributed by atoms with Gasteiger partial charge in [-0.05, 0) is 44.4 Å². The van der Waals surface area contributed by atoms with Crippen molar-refractivity contribution in [3.8, 4) is 11.3 Å². The van der Waals surface area contributed by atoms with Gasteiger partial charge >= 0.3 is 0 Å². The van der Waals surface area contributed by atoms with E-state index in [4.69, 9.17) is 21.7 Å². The summed E-state index contributed by atoms with van der Waals surface area (Å²) in [6, 6.07) is 16.4. The molecule has 0 radical (unpaired) electrons. The molecule has 28 heavy (non-hydrogen) atoms. The van der Waals surface area contributed by atoms with Crippen molar-refractivity contribution in [3.05, 3.63) is 69.6 Å². The number of anilines is 1. The molecule has 0 aliphatic carbocycles. The molecule has 1 atom stereocenters. The molecule has 3 nitrogen and oxygen atoms in total. The maximum Gasteiger partial charge on any atom is 0.207 e. The van der Waals surface area contributed by atoms with Gasteiger partial charge in [0.05, 0.1) is 18.0 Å². The first-order chi connectivity index (χ1) is 13.5. The topological polar surface area (TPSA) is 28.5 Å². The molecule has 146 valence electrons. The highest BCUT2D eigenvalue weighted by molar-refractivity contribution is 7.16. The Morgan fingerprint density at radius 3 is 2.57 bits per heavy atom. The second kappa shape index (κ2) is 9.35. The number of aryl methyl sites for hydroxylation is 2. The van der Waals surface area contributed by atoms with Gasteiger partial charge in [0, 0.05) is 15.5 Å². The number of hydrogen-bond acceptors (Lipinski definition) is 4. The van der Waals surface area contributed by atoms with E-state index in [-0.39, 0.29) is 6.04 Å². The molecule has 0 fully saturated rings. The quantitative estimate of drug-likeness (QED) is 0.306. The number of halogens is 1. The minimum absolute atomic E-state index is 0.259. The molecule has 5 heteroatoms. The van der Waals surface area contributed by atoms with Crippen LogP contribution < -0.4 is 5.01 Å². The lowest BCUT2D eigenvalue weighted by Gasteiger charge is -2.23. The van der Waals surface area contributed by atoms with Gasteiger partial charge in [-0.15, -0.1) is 0 Å². The average Bonchev–Trinajstić information content (AvgIpc) is 3.05. The van der Waals surface area contributed by atoms with Crippen LogP contribution in [0.15, 0.2) is 53.6 Å². The van der Waals surface area contributed by atoms with Crippen LogP contribution in [-0.2, 0) is 0 Å². The second-order valence-electron chi connectivity index (χ2n) is 6.96. The molecule has 1 heterocycles. The predicted molar refractivity (Wildman–Crippen MR) is 123 cm³/mol. The van der Waals surface area contributed by atoms with Crippen LogP contribution in [0.4, 0.5) is 5.13 Å². The fraction of sp³-hybridized carbons (Fsp3) is 0.304. The molecule has 0 aliphatic heterocycles. The van der Waals surface area contributed by atoms with E-state index in [1.54, 1.807) is 11.3 Å². The molecule has 1 unspecified atom stereocenters. The molecule has 3 aromatic rings. The minimum Gasteiger partial charge on any atom is -0.236 e. The van der Waals surface area contributed by atoms with Crippen LogP contribution in [0.1, 0.15) is 42.7 Å². The monoisotopic (exact) mass is 411 g/mol. The summed E-state index contributed by atoms with van der Waals surface area (Å²) in [7, 11) is 0. The zero-order valence-electron chi connectivity index (χ0n) is 16.8. The molecule has 2 aromatic carbocycles. The Morgan fingerprint density at radius 1 is 1.14 bits per heavy atom. The van der Waals surface area contributed by atoms with E-state index in [2.05, 4.69) is 39.8 Å². The largest absolute Gasteiger partial charge is 0.236 e. The summed E-state index contributed by atoms with van der Waals surface area (Å²) in [6.45, 7) is 8.59. The smallest absolute Gasteiger partial charge is 0.207 e. The van der Waals surface area contributed by atoms with Crippen LogP contribution in [0.2, 0.25) is 5.02 Å². The minimum atomic E-state index is 0.259. The zero-order valence-corrected chi connectivity index (χ0v) is 18.4. The van der Waals surface area contributed by atoms with Gasteiger partial charge in [0.1, 0.15) is 0 Å². The Balaban J connectivity index is 1.98. The normalized spacial score (nSPS) is 12.5. The molecule has 1 aromatic heterocycles. The molecule has 0 amide bonds. The Hall–Kier alpha value is -2.17. The maximum absolute atomic E-state index is 6.41. The van der Waals surface area contributed by atoms with E-state index >= 15 is 0 Å². The van der Waals surface area contributed by atoms with Crippen molar-refractivity contribution in [2.45, 2.75) is 46.6 Å². The summed E-state index contributed by atoms with van der Waals surface area (Å²) in [5.41, 5.74) is 4.23. The highest BCUT2D eigenvalue weighted by atomic mass is 35.5. The fourth-order valence-electron chi connectivity index (χ4n) is 3.13. The molecule has 0 saturated carbocycles. The summed E-state index contributed by atoms with van der Waals surface area (Å²) >= 11 is 8.07. The van der Waals surface area contributed by atoms with Gasteiger partial charge in [-0.3, -0.25) is 0 Å². The predicted octanol–water partition coefficient (Wildman–Crippen LogP) is 7.11. The average molecular weight is 412 g/mol. The SMILES string of the molecule is CCCC(C)N(/N=C/c1ccccc1C)c1nc(-c2ccccc2Cl)c(C)s1. The number of benzene rings is 2. The number of hydrogen-bond donors (Lipinski definition) is 0. The van der Waals surface area contributed by atoms with Crippen LogP contribution in [-0.4, -0.2) is 17.2 Å². The molecule has 0 aliphatic rings. The van der Waals surface area contributed by atoms with Crippen LogP contribution in [0.3, 0.4) is 0 Å². The van der Waals surface area contributed by atoms with Crippen LogP contribution in [0.25, 0.3) is 11.3 Å². The third-order valence-corrected chi connectivity index (χ3v) is 6.03. The van der Waals surface area contributed by atoms with Crippen molar-refractivity contribution in [2.75, 3.05) is 5.01 Å². The molecular formula is C23H26ClN3S. The molecule has 0 N–H and O–H groups in total. The highest BCUT2D eigenvalue weighted by Gasteiger charge is 2.20. The fourth-order valence-corrected chi connectivity index (χ4v) is 4.34. The lowest BCUT2D eigenvalue weighted by Crippen LogP contribution is -2.28. The lowest BCUT2D eigenvalue weighted by molar-refractivity contribution is 0.594. The van der Waals surface area contributed by atoms with E-state index in [1.165, 1.54) is 5.56 Å². The van der Waals surface area contributed by atoms with Gasteiger partial charge < -0.3 is 0 Å². The summed E-state index contributed by atoms with van der Waals surface area (Å²) in [5, 5.41) is 8.51. The lowest BCUT2D eigenvalue weighted by atomic mass is 10.1. The molecule has 0 saturated heterocycles. The summed E-state index contributed by atoms with van der Waals surface area (Å²) in [4.78, 5) is 6.07. The Morgan fingerprint density at radius 2 is 1.86 bits per heavy atom. The van der Waals surface area contributed by atoms with Crippen LogP contribution in [0.5, 0.6) is 0 Å². The Labute approximate surface area is 176 Å². The first-order valence-electron chi connectivity index (χ1n) is 9.62. The van der Waals surface area contributed by atoms with Crippen molar-refractivity contribution < 1.29 is 0 Å². The van der Waals surface area contributed by atoms with Gasteiger partial charge in [-0.2, -0.15) is 5.10 Å². The van der Waals surface area contributed by atoms with E-state index in [0.717, 1.165) is 44.7 Å². The van der Waals surface area contributed by atoms with Gasteiger partial charge in [-0.25, -0.2) is 9.99 Å². The van der Waals surface area contributed by atoms with E-state index in [1.807, 2.05) is 47.6 Å². The number of aromatic nitrogens is 1. The highest BCUT2D eigenvalue weighted by Crippen LogP contribution is 2.36. The van der Waals surface area contributed by atoms with Crippen LogP contribution in [0, 0.1) is 13.8 Å². The van der Waals surface area contributed by atoms with Crippen molar-refractivity contribution >= 4 is 34.3 Å². The van der Waals surface area contributed by atoms with E-state index in [9.17, 15) is 0 Å². The van der Waals surface area contributed by atoms with Gasteiger partial charge in [0.15, 0.2) is 0 Å². The number of nitrogens with zero attached hydrogens (tertiary/aromatic N) is 3. The summed E-state index contributed by atoms with van der Waals surface area (Å²) < 4.78 is 0. The maximum atomic E-state index is 6.41. The van der Waals surface area contributed by atoms with Crippen molar-refractivity contribution in [3.63, 3.8) is 0 Å². The summed E-state index contributed by atoms with van der Waals surface area (Å²) in [5.74, 6) is 0. The molecule has 0 spiro atoms. The number of rotatable bonds is 7. The van der Waals surface area contributed by atoms with Crippen LogP contribution >= 0.6 is 22.9 Å². The number of hydrazone groups is 1. The van der Waals surface area contributed by atoms with Crippen molar-refractivity contribution in [1.82, 2.24) is 4.98 Å². The van der Waals surface area contributed by atoms with Gasteiger partial charge in [0.2, 0.25) is 5.13 Å². The van der Waals surface area contributed by atoms with Crippen molar-refractivity contribution in [2.24, 2.45) is 5.10 Å².